The molecular formula is C10H9ClN2. The van der Waals surface area contributed by atoms with Crippen molar-refractivity contribution in [3.63, 3.8) is 0 Å². The molecule has 3 heteroatoms. The molecule has 0 amide bonds. The Morgan fingerprint density at radius 3 is 2.85 bits per heavy atom. The highest BCUT2D eigenvalue weighted by Gasteiger charge is 2.03. The molecule has 2 rings (SSSR count). The van der Waals surface area contributed by atoms with Crippen molar-refractivity contribution < 1.29 is 0 Å². The minimum absolute atomic E-state index is 0.754. The number of nitrogens with zero attached hydrogens (tertiary/aromatic N) is 1. The molecule has 13 heavy (non-hydrogen) atoms. The van der Waals surface area contributed by atoms with Gasteiger partial charge in [0.05, 0.1) is 23.2 Å². The third-order valence-electron chi connectivity index (χ3n) is 1.91. The summed E-state index contributed by atoms with van der Waals surface area (Å²) in [5.74, 6) is 0. The van der Waals surface area contributed by atoms with Gasteiger partial charge in [0.2, 0.25) is 0 Å². The van der Waals surface area contributed by atoms with Crippen LogP contribution in [0.5, 0.6) is 0 Å². The maximum absolute atomic E-state index is 6.07. The van der Waals surface area contributed by atoms with E-state index in [0.717, 1.165) is 21.8 Å². The van der Waals surface area contributed by atoms with E-state index in [-0.39, 0.29) is 0 Å². The molecule has 0 spiro atoms. The molecule has 0 saturated carbocycles. The molecule has 0 unspecified atom stereocenters. The zero-order valence-electron chi connectivity index (χ0n) is 7.21. The molecule has 0 aliphatic carbocycles. The standard InChI is InChI=1S/C10H9ClN2/c1-7-2-3-8(9(11)4-7)10-5-12-6-13-10/h2-6H,1H3,(H,12,13). The van der Waals surface area contributed by atoms with Crippen molar-refractivity contribution in [3.8, 4) is 11.3 Å². The van der Waals surface area contributed by atoms with Gasteiger partial charge in [0.1, 0.15) is 0 Å². The van der Waals surface area contributed by atoms with Gasteiger partial charge in [-0.3, -0.25) is 0 Å². The molecule has 0 aliphatic heterocycles. The Morgan fingerprint density at radius 2 is 2.23 bits per heavy atom. The van der Waals surface area contributed by atoms with Crippen LogP contribution in [0.3, 0.4) is 0 Å². The van der Waals surface area contributed by atoms with E-state index < -0.39 is 0 Å². The lowest BCUT2D eigenvalue weighted by molar-refractivity contribution is 1.31. The van der Waals surface area contributed by atoms with E-state index in [9.17, 15) is 0 Å². The number of hydrogen-bond donors (Lipinski definition) is 1. The van der Waals surface area contributed by atoms with Gasteiger partial charge in [0.25, 0.3) is 0 Å². The van der Waals surface area contributed by atoms with Crippen molar-refractivity contribution in [1.29, 1.82) is 0 Å². The molecule has 0 saturated heterocycles. The summed E-state index contributed by atoms with van der Waals surface area (Å²) in [5.41, 5.74) is 3.10. The molecule has 2 nitrogen and oxygen atoms in total. The lowest BCUT2D eigenvalue weighted by Crippen LogP contribution is -1.80. The summed E-state index contributed by atoms with van der Waals surface area (Å²) in [6, 6.07) is 5.96. The van der Waals surface area contributed by atoms with Gasteiger partial charge in [-0.1, -0.05) is 23.7 Å². The summed E-state index contributed by atoms with van der Waals surface area (Å²) >= 11 is 6.07. The van der Waals surface area contributed by atoms with Crippen LogP contribution in [0.1, 0.15) is 5.56 Å². The smallest absolute Gasteiger partial charge is 0.0924 e. The minimum atomic E-state index is 0.754. The molecule has 2 aromatic rings. The molecule has 1 aromatic heterocycles. The van der Waals surface area contributed by atoms with Crippen LogP contribution in [0, 0.1) is 6.92 Å². The van der Waals surface area contributed by atoms with Crippen LogP contribution in [-0.2, 0) is 0 Å². The maximum atomic E-state index is 6.07. The van der Waals surface area contributed by atoms with Gasteiger partial charge in [-0.2, -0.15) is 0 Å². The summed E-state index contributed by atoms with van der Waals surface area (Å²) in [4.78, 5) is 6.97. The molecule has 0 atom stereocenters. The minimum Gasteiger partial charge on any atom is -0.345 e. The van der Waals surface area contributed by atoms with Gasteiger partial charge >= 0.3 is 0 Å². The number of aromatic nitrogens is 2. The second-order valence-electron chi connectivity index (χ2n) is 2.95. The highest BCUT2D eigenvalue weighted by atomic mass is 35.5. The van der Waals surface area contributed by atoms with Crippen LogP contribution in [0.25, 0.3) is 11.3 Å². The predicted octanol–water partition coefficient (Wildman–Crippen LogP) is 3.04. The second kappa shape index (κ2) is 3.23. The Balaban J connectivity index is 2.53. The lowest BCUT2D eigenvalue weighted by atomic mass is 10.1. The van der Waals surface area contributed by atoms with Gasteiger partial charge in [-0.05, 0) is 18.6 Å². The predicted molar refractivity (Wildman–Crippen MR) is 53.8 cm³/mol. The molecule has 0 fully saturated rings. The third-order valence-corrected chi connectivity index (χ3v) is 2.23. The summed E-state index contributed by atoms with van der Waals surface area (Å²) in [6.45, 7) is 2.02. The second-order valence-corrected chi connectivity index (χ2v) is 3.36. The molecular weight excluding hydrogens is 184 g/mol. The van der Waals surface area contributed by atoms with Crippen molar-refractivity contribution in [2.24, 2.45) is 0 Å². The third kappa shape index (κ3) is 1.58. The summed E-state index contributed by atoms with van der Waals surface area (Å²) in [6.07, 6.45) is 3.40. The van der Waals surface area contributed by atoms with Crippen LogP contribution in [0.2, 0.25) is 5.02 Å². The van der Waals surface area contributed by atoms with Gasteiger partial charge in [0, 0.05) is 5.56 Å². The first-order valence-electron chi connectivity index (χ1n) is 4.02. The van der Waals surface area contributed by atoms with Crippen LogP contribution in [0.4, 0.5) is 0 Å². The van der Waals surface area contributed by atoms with Crippen molar-refractivity contribution >= 4 is 11.6 Å². The fourth-order valence-corrected chi connectivity index (χ4v) is 1.58. The van der Waals surface area contributed by atoms with E-state index in [1.807, 2.05) is 25.1 Å². The Morgan fingerprint density at radius 1 is 1.38 bits per heavy atom. The normalized spacial score (nSPS) is 10.3. The largest absolute Gasteiger partial charge is 0.345 e. The Hall–Kier alpha value is -1.28. The fourth-order valence-electron chi connectivity index (χ4n) is 1.24. The Labute approximate surface area is 81.6 Å². The number of aromatic amines is 1. The molecule has 66 valence electrons. The van der Waals surface area contributed by atoms with Crippen molar-refractivity contribution in [2.45, 2.75) is 6.92 Å². The number of imidazole rings is 1. The zero-order chi connectivity index (χ0) is 9.26. The molecule has 1 N–H and O–H groups in total. The number of halogens is 1. The Bertz CT molecular complexity index is 407. The van der Waals surface area contributed by atoms with Crippen molar-refractivity contribution in [2.75, 3.05) is 0 Å². The van der Waals surface area contributed by atoms with E-state index in [1.54, 1.807) is 12.5 Å². The number of hydrogen-bond acceptors (Lipinski definition) is 1. The average molecular weight is 193 g/mol. The summed E-state index contributed by atoms with van der Waals surface area (Å²) < 4.78 is 0. The van der Waals surface area contributed by atoms with E-state index in [4.69, 9.17) is 11.6 Å². The van der Waals surface area contributed by atoms with Crippen LogP contribution < -0.4 is 0 Å². The van der Waals surface area contributed by atoms with Gasteiger partial charge in [-0.15, -0.1) is 0 Å². The van der Waals surface area contributed by atoms with Crippen LogP contribution >= 0.6 is 11.6 Å². The van der Waals surface area contributed by atoms with Gasteiger partial charge in [-0.25, -0.2) is 4.98 Å². The van der Waals surface area contributed by atoms with Crippen molar-refractivity contribution in [3.05, 3.63) is 41.3 Å². The zero-order valence-corrected chi connectivity index (χ0v) is 7.97. The van der Waals surface area contributed by atoms with Crippen LogP contribution in [-0.4, -0.2) is 9.97 Å². The molecule has 1 aromatic carbocycles. The first-order valence-corrected chi connectivity index (χ1v) is 4.40. The van der Waals surface area contributed by atoms with Gasteiger partial charge < -0.3 is 4.98 Å². The number of aryl methyl sites for hydroxylation is 1. The Kier molecular flexibility index (Phi) is 2.07. The van der Waals surface area contributed by atoms with E-state index >= 15 is 0 Å². The number of nitrogens with one attached hydrogen (secondary N) is 1. The van der Waals surface area contributed by atoms with E-state index in [2.05, 4.69) is 9.97 Å². The molecule has 0 bridgehead atoms. The van der Waals surface area contributed by atoms with Crippen molar-refractivity contribution in [1.82, 2.24) is 9.97 Å². The lowest BCUT2D eigenvalue weighted by Gasteiger charge is -2.01. The summed E-state index contributed by atoms with van der Waals surface area (Å²) in [5, 5.41) is 0.754. The number of rotatable bonds is 1. The SMILES string of the molecule is Cc1ccc(-c2cnc[nH]2)c(Cl)c1. The first-order chi connectivity index (χ1) is 6.27. The average Bonchev–Trinajstić information content (AvgIpc) is 2.56. The number of H-pyrrole nitrogens is 1. The highest BCUT2D eigenvalue weighted by molar-refractivity contribution is 6.33. The topological polar surface area (TPSA) is 28.7 Å². The van der Waals surface area contributed by atoms with E-state index in [0.29, 0.717) is 0 Å². The summed E-state index contributed by atoms with van der Waals surface area (Å²) in [7, 11) is 0. The highest BCUT2D eigenvalue weighted by Crippen LogP contribution is 2.26. The molecule has 1 heterocycles. The maximum Gasteiger partial charge on any atom is 0.0924 e. The monoisotopic (exact) mass is 192 g/mol. The molecule has 0 radical (unpaired) electrons. The van der Waals surface area contributed by atoms with Crippen LogP contribution in [0.15, 0.2) is 30.7 Å². The quantitative estimate of drug-likeness (QED) is 0.739. The molecule has 0 aliphatic rings. The van der Waals surface area contributed by atoms with E-state index in [1.165, 1.54) is 0 Å². The number of benzene rings is 1. The fraction of sp³-hybridized carbons (Fsp3) is 0.100. The van der Waals surface area contributed by atoms with Gasteiger partial charge in [0.15, 0.2) is 0 Å². The first kappa shape index (κ1) is 8.32.